The van der Waals surface area contributed by atoms with Crippen molar-refractivity contribution in [3.63, 3.8) is 0 Å². The molecule has 0 spiro atoms. The molecule has 2 N–H and O–H groups in total. The maximum Gasteiger partial charge on any atom is 0.303 e. The minimum absolute atomic E-state index is 0.0127. The number of phenolic OH excluding ortho intramolecular Hbond substituents is 1. The van der Waals surface area contributed by atoms with Crippen LogP contribution in [0.4, 0.5) is 10.1 Å². The van der Waals surface area contributed by atoms with Gasteiger partial charge in [-0.1, -0.05) is 35.7 Å². The molecule has 4 aliphatic rings. The average Bonchev–Trinajstić information content (AvgIpc) is 3.37. The number of allylic oxidation sites excluding steroid dienone is 2. The molecule has 2 aliphatic carbocycles. The number of anilines is 1. The van der Waals surface area contributed by atoms with Gasteiger partial charge in [0.25, 0.3) is 0 Å². The van der Waals surface area contributed by atoms with E-state index in [1.54, 1.807) is 19.1 Å². The summed E-state index contributed by atoms with van der Waals surface area (Å²) in [6.45, 7) is 1.89. The maximum atomic E-state index is 14.4. The zero-order chi connectivity index (χ0) is 33.1. The van der Waals surface area contributed by atoms with Gasteiger partial charge in [0.1, 0.15) is 5.82 Å². The van der Waals surface area contributed by atoms with Gasteiger partial charge in [-0.2, -0.15) is 0 Å². The third kappa shape index (κ3) is 4.87. The van der Waals surface area contributed by atoms with E-state index in [4.69, 9.17) is 21.4 Å². The number of unbranched alkanes of at least 4 members (excludes halogenated alkanes) is 2. The molecule has 242 valence electrons. The molecule has 2 aliphatic heterocycles. The molecule has 6 rings (SSSR count). The minimum atomic E-state index is -1.34. The molecule has 46 heavy (non-hydrogen) atoms. The first-order valence-corrected chi connectivity index (χ1v) is 15.7. The Hall–Kier alpha value is -4.25. The quantitative estimate of drug-likeness (QED) is 0.217. The van der Waals surface area contributed by atoms with Crippen molar-refractivity contribution in [2.24, 2.45) is 29.1 Å². The van der Waals surface area contributed by atoms with Crippen LogP contribution in [0.15, 0.2) is 48.0 Å². The van der Waals surface area contributed by atoms with Crippen molar-refractivity contribution in [1.82, 2.24) is 4.90 Å². The smallest absolute Gasteiger partial charge is 0.303 e. The molecule has 2 saturated heterocycles. The van der Waals surface area contributed by atoms with Crippen LogP contribution >= 0.6 is 11.6 Å². The van der Waals surface area contributed by atoms with E-state index < -0.39 is 58.6 Å². The van der Waals surface area contributed by atoms with Crippen LogP contribution in [-0.4, -0.2) is 58.4 Å². The lowest BCUT2D eigenvalue weighted by Crippen LogP contribution is -2.48. The standard InChI is InChI=1S/C34H34ClFN2O8/c1-34-22(31(43)38(33(34)45)18-8-11-24(36)23(35)15-18)16-21-19(29(34)17-7-12-26(46-2)25(39)14-17)9-10-20-28(21)32(44)37(30(20)42)13-5-3-4-6-27(40)41/h7-9,11-12,14-15,20-22,28-29,39H,3-6,10,13,16H2,1-2H3,(H,40,41). The first-order chi connectivity index (χ1) is 21.9. The van der Waals surface area contributed by atoms with Gasteiger partial charge < -0.3 is 14.9 Å². The van der Waals surface area contributed by atoms with Crippen molar-refractivity contribution in [3.8, 4) is 11.5 Å². The van der Waals surface area contributed by atoms with Gasteiger partial charge >= 0.3 is 5.97 Å². The van der Waals surface area contributed by atoms with Crippen LogP contribution < -0.4 is 9.64 Å². The number of phenols is 1. The second-order valence-corrected chi connectivity index (χ2v) is 13.1. The number of benzene rings is 2. The summed E-state index contributed by atoms with van der Waals surface area (Å²) in [4.78, 5) is 69.3. The second kappa shape index (κ2) is 11.8. The summed E-state index contributed by atoms with van der Waals surface area (Å²) < 4.78 is 19.3. The molecule has 12 heteroatoms. The fourth-order valence-electron chi connectivity index (χ4n) is 8.16. The molecule has 0 aromatic heterocycles. The van der Waals surface area contributed by atoms with E-state index in [1.165, 1.54) is 30.2 Å². The monoisotopic (exact) mass is 652 g/mol. The Morgan fingerprint density at radius 3 is 2.48 bits per heavy atom. The number of aliphatic carboxylic acids is 1. The molecule has 2 aromatic rings. The van der Waals surface area contributed by atoms with Gasteiger partial charge in [-0.15, -0.1) is 0 Å². The average molecular weight is 653 g/mol. The lowest BCUT2D eigenvalue weighted by atomic mass is 9.51. The van der Waals surface area contributed by atoms with Gasteiger partial charge in [-0.3, -0.25) is 28.9 Å². The first kappa shape index (κ1) is 31.7. The summed E-state index contributed by atoms with van der Waals surface area (Å²) in [5, 5.41) is 19.4. The van der Waals surface area contributed by atoms with Crippen LogP contribution in [0.3, 0.4) is 0 Å². The number of carboxylic acids is 1. The molecule has 3 fully saturated rings. The Balaban J connectivity index is 1.40. The molecule has 2 heterocycles. The Morgan fingerprint density at radius 2 is 1.80 bits per heavy atom. The van der Waals surface area contributed by atoms with E-state index in [0.29, 0.717) is 24.8 Å². The van der Waals surface area contributed by atoms with E-state index in [2.05, 4.69) is 0 Å². The summed E-state index contributed by atoms with van der Waals surface area (Å²) in [5.74, 6) is -6.68. The Labute approximate surface area is 269 Å². The number of carbonyl (C=O) groups is 5. The molecule has 6 unspecified atom stereocenters. The fourth-order valence-corrected chi connectivity index (χ4v) is 8.34. The molecule has 0 bridgehead atoms. The van der Waals surface area contributed by atoms with E-state index >= 15 is 0 Å². The number of imide groups is 2. The molecule has 10 nitrogen and oxygen atoms in total. The third-order valence-corrected chi connectivity index (χ3v) is 10.6. The highest BCUT2D eigenvalue weighted by Gasteiger charge is 2.67. The number of carboxylic acid groups (broad SMARTS) is 1. The van der Waals surface area contributed by atoms with Crippen molar-refractivity contribution in [2.45, 2.75) is 51.4 Å². The van der Waals surface area contributed by atoms with Crippen molar-refractivity contribution in [3.05, 3.63) is 64.5 Å². The highest BCUT2D eigenvalue weighted by molar-refractivity contribution is 6.31. The number of nitrogens with zero attached hydrogens (tertiary/aromatic N) is 2. The topological polar surface area (TPSA) is 142 Å². The second-order valence-electron chi connectivity index (χ2n) is 12.7. The van der Waals surface area contributed by atoms with Crippen molar-refractivity contribution >= 4 is 46.9 Å². The van der Waals surface area contributed by atoms with E-state index in [1.807, 2.05) is 6.08 Å². The summed E-state index contributed by atoms with van der Waals surface area (Å²) in [5.41, 5.74) is 0.0924. The van der Waals surface area contributed by atoms with E-state index in [-0.39, 0.29) is 59.8 Å². The normalized spacial score (nSPS) is 28.6. The third-order valence-electron chi connectivity index (χ3n) is 10.3. The summed E-state index contributed by atoms with van der Waals surface area (Å²) >= 11 is 6.04. The van der Waals surface area contributed by atoms with Gasteiger partial charge in [0, 0.05) is 18.9 Å². The highest BCUT2D eigenvalue weighted by atomic mass is 35.5. The van der Waals surface area contributed by atoms with Crippen LogP contribution in [0.5, 0.6) is 11.5 Å². The molecular weight excluding hydrogens is 619 g/mol. The maximum absolute atomic E-state index is 14.4. The molecular formula is C34H34ClFN2O8. The number of carbonyl (C=O) groups excluding carboxylic acids is 4. The highest BCUT2D eigenvalue weighted by Crippen LogP contribution is 2.64. The number of fused-ring (bicyclic) bond motifs is 4. The van der Waals surface area contributed by atoms with Gasteiger partial charge in [-0.25, -0.2) is 9.29 Å². The molecule has 0 radical (unpaired) electrons. The van der Waals surface area contributed by atoms with E-state index in [0.717, 1.165) is 16.5 Å². The van der Waals surface area contributed by atoms with Crippen LogP contribution in [0.1, 0.15) is 56.9 Å². The number of aromatic hydroxyl groups is 1. The number of rotatable bonds is 9. The minimum Gasteiger partial charge on any atom is -0.504 e. The molecule has 4 amide bonds. The number of methoxy groups -OCH3 is 1. The predicted molar refractivity (Wildman–Crippen MR) is 164 cm³/mol. The molecule has 1 saturated carbocycles. The van der Waals surface area contributed by atoms with Crippen molar-refractivity contribution < 1.29 is 43.3 Å². The summed E-state index contributed by atoms with van der Waals surface area (Å²) in [6.07, 6.45) is 3.81. The predicted octanol–water partition coefficient (Wildman–Crippen LogP) is 5.07. The lowest BCUT2D eigenvalue weighted by Gasteiger charge is -2.49. The number of halogens is 2. The van der Waals surface area contributed by atoms with Gasteiger partial charge in [0.15, 0.2) is 11.5 Å². The zero-order valence-electron chi connectivity index (χ0n) is 25.4. The SMILES string of the molecule is COc1ccc(C2C3=CCC4C(=O)N(CCCCCC(=O)O)C(=O)C4C3CC3C(=O)N(c4ccc(F)c(Cl)c4)C(=O)C32C)cc1O. The number of hydrogen-bond donors (Lipinski definition) is 2. The summed E-state index contributed by atoms with van der Waals surface area (Å²) in [7, 11) is 1.41. The fraction of sp³-hybridized carbons (Fsp3) is 0.441. The van der Waals surface area contributed by atoms with Gasteiger partial charge in [-0.05, 0) is 74.4 Å². The molecule has 6 atom stereocenters. The number of amides is 4. The van der Waals surface area contributed by atoms with Crippen LogP contribution in [0.2, 0.25) is 5.02 Å². The first-order valence-electron chi connectivity index (χ1n) is 15.4. The van der Waals surface area contributed by atoms with Gasteiger partial charge in [0.05, 0.1) is 41.0 Å². The number of likely N-dealkylation sites (tertiary alicyclic amines) is 1. The van der Waals surface area contributed by atoms with Crippen LogP contribution in [0.25, 0.3) is 0 Å². The molecule has 2 aromatic carbocycles. The van der Waals surface area contributed by atoms with Crippen molar-refractivity contribution in [1.29, 1.82) is 0 Å². The lowest BCUT2D eigenvalue weighted by molar-refractivity contribution is -0.141. The number of hydrogen-bond acceptors (Lipinski definition) is 7. The Bertz CT molecular complexity index is 1690. The number of ether oxygens (including phenoxy) is 1. The zero-order valence-corrected chi connectivity index (χ0v) is 26.1. The largest absolute Gasteiger partial charge is 0.504 e. The Morgan fingerprint density at radius 1 is 1.04 bits per heavy atom. The van der Waals surface area contributed by atoms with Gasteiger partial charge in [0.2, 0.25) is 23.6 Å². The van der Waals surface area contributed by atoms with Crippen LogP contribution in [0, 0.1) is 34.9 Å². The van der Waals surface area contributed by atoms with Crippen LogP contribution in [-0.2, 0) is 24.0 Å². The summed E-state index contributed by atoms with van der Waals surface area (Å²) in [6, 6.07) is 8.45. The van der Waals surface area contributed by atoms with Crippen molar-refractivity contribution in [2.75, 3.05) is 18.6 Å². The van der Waals surface area contributed by atoms with E-state index in [9.17, 15) is 33.5 Å². The Kier molecular flexibility index (Phi) is 8.16.